The van der Waals surface area contributed by atoms with Gasteiger partial charge in [-0.25, -0.2) is 0 Å². The Kier molecular flexibility index (Phi) is 4.70. The van der Waals surface area contributed by atoms with Crippen LogP contribution >= 0.6 is 0 Å². The fourth-order valence-electron chi connectivity index (χ4n) is 1.87. The number of nitrogens with one attached hydrogen (secondary N) is 1. The van der Waals surface area contributed by atoms with Crippen molar-refractivity contribution in [3.05, 3.63) is 0 Å². The first-order valence-corrected chi connectivity index (χ1v) is 5.32. The van der Waals surface area contributed by atoms with E-state index in [1.807, 2.05) is 6.92 Å². The zero-order valence-corrected chi connectivity index (χ0v) is 8.75. The monoisotopic (exact) mass is 186 g/mol. The predicted molar refractivity (Wildman–Crippen MR) is 54.7 cm³/mol. The van der Waals surface area contributed by atoms with Crippen LogP contribution in [0, 0.1) is 5.92 Å². The quantitative estimate of drug-likeness (QED) is 0.665. The van der Waals surface area contributed by atoms with E-state index >= 15 is 0 Å². The molecule has 3 N–H and O–H groups in total. The van der Waals surface area contributed by atoms with E-state index < -0.39 is 0 Å². The highest BCUT2D eigenvalue weighted by Gasteiger charge is 2.25. The van der Waals surface area contributed by atoms with Crippen molar-refractivity contribution in [1.29, 1.82) is 0 Å². The number of rotatable bonds is 5. The molecular formula is C10H22N2O. The summed E-state index contributed by atoms with van der Waals surface area (Å²) in [7, 11) is 0. The highest BCUT2D eigenvalue weighted by Crippen LogP contribution is 2.22. The topological polar surface area (TPSA) is 47.3 Å². The van der Waals surface area contributed by atoms with Crippen LogP contribution in [0.3, 0.4) is 0 Å². The van der Waals surface area contributed by atoms with Crippen molar-refractivity contribution < 1.29 is 4.74 Å². The van der Waals surface area contributed by atoms with Crippen molar-refractivity contribution in [2.24, 2.45) is 11.7 Å². The number of nitrogens with two attached hydrogens (primary N) is 1. The van der Waals surface area contributed by atoms with Gasteiger partial charge < -0.3 is 15.8 Å². The Hall–Kier alpha value is -0.120. The van der Waals surface area contributed by atoms with Gasteiger partial charge in [0, 0.05) is 25.7 Å². The van der Waals surface area contributed by atoms with Gasteiger partial charge in [-0.1, -0.05) is 6.92 Å². The third kappa shape index (κ3) is 3.63. The molecule has 3 unspecified atom stereocenters. The Bertz CT molecular complexity index is 139. The fraction of sp³-hybridized carbons (Fsp3) is 1.00. The zero-order valence-electron chi connectivity index (χ0n) is 8.75. The molecule has 0 aromatic carbocycles. The van der Waals surface area contributed by atoms with Gasteiger partial charge in [-0.15, -0.1) is 0 Å². The summed E-state index contributed by atoms with van der Waals surface area (Å²) in [6.07, 6.45) is 2.80. The van der Waals surface area contributed by atoms with Gasteiger partial charge in [0.1, 0.15) is 0 Å². The van der Waals surface area contributed by atoms with E-state index in [1.165, 1.54) is 6.42 Å². The Balaban J connectivity index is 2.13. The van der Waals surface area contributed by atoms with Gasteiger partial charge in [0.2, 0.25) is 0 Å². The van der Waals surface area contributed by atoms with E-state index in [0.717, 1.165) is 26.1 Å². The largest absolute Gasteiger partial charge is 0.378 e. The van der Waals surface area contributed by atoms with Crippen LogP contribution in [0.4, 0.5) is 0 Å². The molecule has 0 spiro atoms. The van der Waals surface area contributed by atoms with Crippen LogP contribution in [0.5, 0.6) is 0 Å². The maximum absolute atomic E-state index is 5.65. The Morgan fingerprint density at radius 3 is 3.00 bits per heavy atom. The second kappa shape index (κ2) is 5.58. The standard InChI is InChI=1S/C10H22N2O/c1-3-10-9(4-5-13-10)7-12-6-8(2)11/h8-10,12H,3-7,11H2,1-2H3. The third-order valence-corrected chi connectivity index (χ3v) is 2.62. The van der Waals surface area contributed by atoms with Crippen LogP contribution in [-0.4, -0.2) is 31.8 Å². The highest BCUT2D eigenvalue weighted by atomic mass is 16.5. The van der Waals surface area contributed by atoms with Gasteiger partial charge in [0.05, 0.1) is 6.10 Å². The molecule has 0 aliphatic carbocycles. The summed E-state index contributed by atoms with van der Waals surface area (Å²) in [5, 5.41) is 3.39. The summed E-state index contributed by atoms with van der Waals surface area (Å²) in [5.41, 5.74) is 5.65. The molecule has 1 saturated heterocycles. The highest BCUT2D eigenvalue weighted by molar-refractivity contribution is 4.77. The molecule has 1 rings (SSSR count). The zero-order chi connectivity index (χ0) is 9.68. The lowest BCUT2D eigenvalue weighted by molar-refractivity contribution is 0.0872. The van der Waals surface area contributed by atoms with Crippen molar-refractivity contribution in [3.8, 4) is 0 Å². The SMILES string of the molecule is CCC1OCCC1CNCC(C)N. The van der Waals surface area contributed by atoms with Crippen molar-refractivity contribution in [2.75, 3.05) is 19.7 Å². The maximum Gasteiger partial charge on any atom is 0.0613 e. The lowest BCUT2D eigenvalue weighted by atomic mass is 10.00. The normalized spacial score (nSPS) is 30.7. The van der Waals surface area contributed by atoms with Crippen LogP contribution in [0.2, 0.25) is 0 Å². The third-order valence-electron chi connectivity index (χ3n) is 2.62. The van der Waals surface area contributed by atoms with Crippen LogP contribution in [-0.2, 0) is 4.74 Å². The molecule has 13 heavy (non-hydrogen) atoms. The number of hydrogen-bond donors (Lipinski definition) is 2. The Morgan fingerprint density at radius 2 is 2.38 bits per heavy atom. The minimum Gasteiger partial charge on any atom is -0.378 e. The second-order valence-electron chi connectivity index (χ2n) is 4.00. The van der Waals surface area contributed by atoms with E-state index in [0.29, 0.717) is 12.0 Å². The maximum atomic E-state index is 5.65. The summed E-state index contributed by atoms with van der Waals surface area (Å²) < 4.78 is 5.60. The minimum atomic E-state index is 0.252. The van der Waals surface area contributed by atoms with Crippen molar-refractivity contribution >= 4 is 0 Å². The molecule has 0 saturated carbocycles. The average molecular weight is 186 g/mol. The molecule has 3 atom stereocenters. The molecule has 0 bridgehead atoms. The molecule has 1 aliphatic heterocycles. The predicted octanol–water partition coefficient (Wildman–Crippen LogP) is 0.738. The van der Waals surface area contributed by atoms with Gasteiger partial charge in [0.15, 0.2) is 0 Å². The van der Waals surface area contributed by atoms with Gasteiger partial charge >= 0.3 is 0 Å². The van der Waals surface area contributed by atoms with Crippen LogP contribution in [0.1, 0.15) is 26.7 Å². The van der Waals surface area contributed by atoms with Crippen LogP contribution in [0.25, 0.3) is 0 Å². The number of hydrogen-bond acceptors (Lipinski definition) is 3. The molecule has 78 valence electrons. The van der Waals surface area contributed by atoms with Gasteiger partial charge in [-0.2, -0.15) is 0 Å². The smallest absolute Gasteiger partial charge is 0.0613 e. The molecule has 0 amide bonds. The molecule has 0 aromatic rings. The van der Waals surface area contributed by atoms with Gasteiger partial charge in [-0.3, -0.25) is 0 Å². The summed E-state index contributed by atoms with van der Waals surface area (Å²) in [5.74, 6) is 0.698. The first kappa shape index (κ1) is 11.0. The van der Waals surface area contributed by atoms with E-state index in [1.54, 1.807) is 0 Å². The number of ether oxygens (including phenoxy) is 1. The molecule has 1 fully saturated rings. The summed E-state index contributed by atoms with van der Waals surface area (Å²) in [6, 6.07) is 0.252. The van der Waals surface area contributed by atoms with Crippen molar-refractivity contribution in [3.63, 3.8) is 0 Å². The fourth-order valence-corrected chi connectivity index (χ4v) is 1.87. The molecule has 0 aromatic heterocycles. The molecule has 0 radical (unpaired) electrons. The van der Waals surface area contributed by atoms with Gasteiger partial charge in [-0.05, 0) is 25.7 Å². The van der Waals surface area contributed by atoms with E-state index in [2.05, 4.69) is 12.2 Å². The first-order chi connectivity index (χ1) is 6.24. The van der Waals surface area contributed by atoms with E-state index in [9.17, 15) is 0 Å². The Morgan fingerprint density at radius 1 is 1.62 bits per heavy atom. The van der Waals surface area contributed by atoms with Crippen molar-refractivity contribution in [2.45, 2.75) is 38.8 Å². The molecule has 1 aliphatic rings. The van der Waals surface area contributed by atoms with E-state index in [4.69, 9.17) is 10.5 Å². The second-order valence-corrected chi connectivity index (χ2v) is 4.00. The summed E-state index contributed by atoms with van der Waals surface area (Å²) in [4.78, 5) is 0. The minimum absolute atomic E-state index is 0.252. The molecule has 3 nitrogen and oxygen atoms in total. The van der Waals surface area contributed by atoms with Crippen LogP contribution < -0.4 is 11.1 Å². The Labute approximate surface area is 81.0 Å². The molecule has 3 heteroatoms. The summed E-state index contributed by atoms with van der Waals surface area (Å²) >= 11 is 0. The average Bonchev–Trinajstić information content (AvgIpc) is 2.51. The van der Waals surface area contributed by atoms with Crippen LogP contribution in [0.15, 0.2) is 0 Å². The molecular weight excluding hydrogens is 164 g/mol. The molecule has 1 heterocycles. The first-order valence-electron chi connectivity index (χ1n) is 5.32. The summed E-state index contributed by atoms with van der Waals surface area (Å²) in [6.45, 7) is 7.11. The lowest BCUT2D eigenvalue weighted by Crippen LogP contribution is -2.35. The lowest BCUT2D eigenvalue weighted by Gasteiger charge is -2.17. The van der Waals surface area contributed by atoms with Crippen molar-refractivity contribution in [1.82, 2.24) is 5.32 Å². The van der Waals surface area contributed by atoms with Gasteiger partial charge in [0.25, 0.3) is 0 Å². The van der Waals surface area contributed by atoms with E-state index in [-0.39, 0.29) is 6.04 Å².